The molecular formula is C22H20FNO4. The maximum Gasteiger partial charge on any atom is 0.291 e. The van der Waals surface area contributed by atoms with E-state index in [1.807, 2.05) is 13.8 Å². The molecular weight excluding hydrogens is 361 g/mol. The molecule has 144 valence electrons. The molecule has 1 amide bonds. The van der Waals surface area contributed by atoms with Crippen molar-refractivity contribution in [1.29, 1.82) is 0 Å². The van der Waals surface area contributed by atoms with E-state index in [0.717, 1.165) is 0 Å². The Kier molecular flexibility index (Phi) is 4.22. The summed E-state index contributed by atoms with van der Waals surface area (Å²) >= 11 is 0. The number of nitrogens with one attached hydrogen (secondary N) is 1. The zero-order chi connectivity index (χ0) is 20.1. The van der Waals surface area contributed by atoms with Crippen molar-refractivity contribution in [2.24, 2.45) is 0 Å². The maximum atomic E-state index is 13.1. The van der Waals surface area contributed by atoms with Crippen molar-refractivity contribution in [2.45, 2.75) is 39.2 Å². The Morgan fingerprint density at radius 2 is 1.93 bits per heavy atom. The number of ether oxygens (including phenoxy) is 1. The quantitative estimate of drug-likeness (QED) is 0.671. The lowest BCUT2D eigenvalue weighted by molar-refractivity contribution is 0.0503. The summed E-state index contributed by atoms with van der Waals surface area (Å²) in [5.41, 5.74) is 1.41. The van der Waals surface area contributed by atoms with Crippen molar-refractivity contribution in [2.75, 3.05) is 5.32 Å². The summed E-state index contributed by atoms with van der Waals surface area (Å²) in [6, 6.07) is 8.89. The van der Waals surface area contributed by atoms with E-state index in [1.165, 1.54) is 24.3 Å². The zero-order valence-corrected chi connectivity index (χ0v) is 15.9. The molecule has 1 atom stereocenters. The van der Waals surface area contributed by atoms with Crippen LogP contribution in [0.1, 0.15) is 53.2 Å². The van der Waals surface area contributed by atoms with Crippen LogP contribution < -0.4 is 10.1 Å². The Bertz CT molecular complexity index is 1100. The smallest absolute Gasteiger partial charge is 0.291 e. The predicted octanol–water partition coefficient (Wildman–Crippen LogP) is 5.27. The number of amides is 1. The number of anilines is 1. The van der Waals surface area contributed by atoms with Gasteiger partial charge in [-0.15, -0.1) is 0 Å². The lowest BCUT2D eigenvalue weighted by Gasteiger charge is -2.34. The number of hydrogen-bond donors (Lipinski definition) is 1. The second kappa shape index (κ2) is 6.48. The third-order valence-electron chi connectivity index (χ3n) is 5.28. The van der Waals surface area contributed by atoms with Crippen LogP contribution in [0, 0.1) is 12.7 Å². The Labute approximate surface area is 161 Å². The number of halogens is 1. The van der Waals surface area contributed by atoms with E-state index < -0.39 is 11.5 Å². The van der Waals surface area contributed by atoms with Crippen LogP contribution in [0.3, 0.4) is 0 Å². The van der Waals surface area contributed by atoms with Gasteiger partial charge in [-0.1, -0.05) is 6.92 Å². The highest BCUT2D eigenvalue weighted by Gasteiger charge is 2.37. The van der Waals surface area contributed by atoms with Crippen LogP contribution >= 0.6 is 0 Å². The first-order valence-electron chi connectivity index (χ1n) is 9.16. The minimum absolute atomic E-state index is 0.0226. The van der Waals surface area contributed by atoms with Crippen LogP contribution in [-0.2, 0) is 0 Å². The van der Waals surface area contributed by atoms with E-state index in [1.54, 1.807) is 19.1 Å². The van der Waals surface area contributed by atoms with Gasteiger partial charge in [-0.2, -0.15) is 0 Å². The van der Waals surface area contributed by atoms with Gasteiger partial charge in [0.25, 0.3) is 5.91 Å². The van der Waals surface area contributed by atoms with Gasteiger partial charge in [0, 0.05) is 16.6 Å². The second-order valence-electron chi connectivity index (χ2n) is 7.33. The number of carbonyl (C=O) groups excluding carboxylic acids is 2. The van der Waals surface area contributed by atoms with Gasteiger partial charge in [0.15, 0.2) is 11.5 Å². The fourth-order valence-corrected chi connectivity index (χ4v) is 3.55. The second-order valence-corrected chi connectivity index (χ2v) is 7.33. The standard InChI is InChI=1S/C22H20FNO4/c1-4-22(3)11-15(25)19-17(28-22)10-9-16-18(19)12(2)20(27-16)21(26)24-14-7-5-13(23)6-8-14/h5-10H,4,11H2,1-3H3,(H,24,26)/t22-/m0/s1. The number of fused-ring (bicyclic) bond motifs is 3. The number of rotatable bonds is 3. The van der Waals surface area contributed by atoms with Crippen molar-refractivity contribution in [3.8, 4) is 5.75 Å². The first-order valence-corrected chi connectivity index (χ1v) is 9.16. The van der Waals surface area contributed by atoms with Crippen LogP contribution in [-0.4, -0.2) is 17.3 Å². The molecule has 0 saturated heterocycles. The Hall–Kier alpha value is -3.15. The van der Waals surface area contributed by atoms with Crippen molar-refractivity contribution in [1.82, 2.24) is 0 Å². The fraction of sp³-hybridized carbons (Fsp3) is 0.273. The molecule has 2 heterocycles. The average Bonchev–Trinajstić information content (AvgIpc) is 3.00. The summed E-state index contributed by atoms with van der Waals surface area (Å²) in [7, 11) is 0. The lowest BCUT2D eigenvalue weighted by atomic mass is 9.87. The van der Waals surface area contributed by atoms with Gasteiger partial charge < -0.3 is 14.5 Å². The normalized spacial score (nSPS) is 18.6. The fourth-order valence-electron chi connectivity index (χ4n) is 3.55. The first-order chi connectivity index (χ1) is 13.3. The molecule has 3 aromatic rings. The van der Waals surface area contributed by atoms with Crippen molar-refractivity contribution in [3.63, 3.8) is 0 Å². The number of carbonyl (C=O) groups is 2. The molecule has 1 aliphatic rings. The van der Waals surface area contributed by atoms with E-state index in [0.29, 0.717) is 40.0 Å². The predicted molar refractivity (Wildman–Crippen MR) is 104 cm³/mol. The van der Waals surface area contributed by atoms with Crippen molar-refractivity contribution >= 4 is 28.3 Å². The molecule has 1 aromatic heterocycles. The SMILES string of the molecule is CC[C@@]1(C)CC(=O)c2c(ccc3oc(C(=O)Nc4ccc(F)cc4)c(C)c23)O1. The van der Waals surface area contributed by atoms with Crippen LogP contribution in [0.2, 0.25) is 0 Å². The lowest BCUT2D eigenvalue weighted by Crippen LogP contribution is -2.38. The monoisotopic (exact) mass is 381 g/mol. The highest BCUT2D eigenvalue weighted by atomic mass is 19.1. The Balaban J connectivity index is 1.75. The molecule has 0 radical (unpaired) electrons. The van der Waals surface area contributed by atoms with Crippen molar-refractivity contribution < 1.29 is 23.1 Å². The summed E-state index contributed by atoms with van der Waals surface area (Å²) in [5, 5.41) is 3.29. The van der Waals surface area contributed by atoms with Gasteiger partial charge in [-0.05, 0) is 56.7 Å². The average molecular weight is 381 g/mol. The molecule has 0 bridgehead atoms. The van der Waals surface area contributed by atoms with E-state index in [9.17, 15) is 14.0 Å². The van der Waals surface area contributed by atoms with E-state index in [4.69, 9.17) is 9.15 Å². The molecule has 0 unspecified atom stereocenters. The largest absolute Gasteiger partial charge is 0.486 e. The molecule has 0 aliphatic carbocycles. The third-order valence-corrected chi connectivity index (χ3v) is 5.28. The van der Waals surface area contributed by atoms with E-state index in [2.05, 4.69) is 5.32 Å². The van der Waals surface area contributed by atoms with Crippen molar-refractivity contribution in [3.05, 3.63) is 59.1 Å². The van der Waals surface area contributed by atoms with Crippen LogP contribution in [0.25, 0.3) is 11.0 Å². The molecule has 28 heavy (non-hydrogen) atoms. The molecule has 0 spiro atoms. The minimum atomic E-state index is -0.530. The zero-order valence-electron chi connectivity index (χ0n) is 15.9. The molecule has 4 rings (SSSR count). The molecule has 1 aliphatic heterocycles. The number of ketones is 1. The number of benzene rings is 2. The number of hydrogen-bond acceptors (Lipinski definition) is 4. The van der Waals surface area contributed by atoms with Crippen LogP contribution in [0.15, 0.2) is 40.8 Å². The van der Waals surface area contributed by atoms with E-state index in [-0.39, 0.29) is 23.8 Å². The summed E-state index contributed by atoms with van der Waals surface area (Å²) in [4.78, 5) is 25.5. The maximum absolute atomic E-state index is 13.1. The van der Waals surface area contributed by atoms with Gasteiger partial charge in [0.05, 0.1) is 12.0 Å². The van der Waals surface area contributed by atoms with Gasteiger partial charge in [-0.3, -0.25) is 9.59 Å². The molecule has 5 nitrogen and oxygen atoms in total. The Morgan fingerprint density at radius 3 is 2.61 bits per heavy atom. The van der Waals surface area contributed by atoms with Gasteiger partial charge in [0.1, 0.15) is 22.8 Å². The Morgan fingerprint density at radius 1 is 1.21 bits per heavy atom. The topological polar surface area (TPSA) is 68.5 Å². The molecule has 1 N–H and O–H groups in total. The van der Waals surface area contributed by atoms with Crippen LogP contribution in [0.5, 0.6) is 5.75 Å². The molecule has 0 saturated carbocycles. The van der Waals surface area contributed by atoms with Gasteiger partial charge in [-0.25, -0.2) is 4.39 Å². The number of Topliss-reactive ketones (excluding diaryl/α,β-unsaturated/α-hetero) is 1. The summed E-state index contributed by atoms with van der Waals surface area (Å²) in [6.07, 6.45) is 0.989. The number of furan rings is 1. The third kappa shape index (κ3) is 2.95. The minimum Gasteiger partial charge on any atom is -0.486 e. The van der Waals surface area contributed by atoms with Gasteiger partial charge >= 0.3 is 0 Å². The summed E-state index contributed by atoms with van der Waals surface area (Å²) in [6.45, 7) is 5.65. The summed E-state index contributed by atoms with van der Waals surface area (Å²) in [5.74, 6) is -0.240. The number of aryl methyl sites for hydroxylation is 1. The summed E-state index contributed by atoms with van der Waals surface area (Å²) < 4.78 is 24.9. The first kappa shape index (κ1) is 18.2. The van der Waals surface area contributed by atoms with Crippen LogP contribution in [0.4, 0.5) is 10.1 Å². The van der Waals surface area contributed by atoms with Gasteiger partial charge in [0.2, 0.25) is 0 Å². The highest BCUT2D eigenvalue weighted by molar-refractivity contribution is 6.14. The highest BCUT2D eigenvalue weighted by Crippen LogP contribution is 2.41. The molecule has 6 heteroatoms. The molecule has 2 aromatic carbocycles. The van der Waals surface area contributed by atoms with E-state index >= 15 is 0 Å². The molecule has 0 fully saturated rings.